The van der Waals surface area contributed by atoms with E-state index in [1.54, 1.807) is 6.07 Å². The van der Waals surface area contributed by atoms with Gasteiger partial charge in [0.05, 0.1) is 21.9 Å². The number of aryl methyl sites for hydroxylation is 1. The Morgan fingerprint density at radius 2 is 1.73 bits per heavy atom. The van der Waals surface area contributed by atoms with Gasteiger partial charge in [-0.15, -0.1) is 0 Å². The highest BCUT2D eigenvalue weighted by Crippen LogP contribution is 2.32. The second-order valence-electron chi connectivity index (χ2n) is 7.97. The number of piperidine rings is 1. The van der Waals surface area contributed by atoms with E-state index in [1.165, 1.54) is 16.4 Å². The molecule has 0 spiro atoms. The van der Waals surface area contributed by atoms with E-state index >= 15 is 0 Å². The van der Waals surface area contributed by atoms with Gasteiger partial charge in [-0.3, -0.25) is 9.78 Å². The lowest BCUT2D eigenvalue weighted by atomic mass is 9.97. The minimum absolute atomic E-state index is 0.0154. The Bertz CT molecular complexity index is 1120. The van der Waals surface area contributed by atoms with Crippen LogP contribution in [0.3, 0.4) is 0 Å². The molecule has 1 fully saturated rings. The molecular weight excluding hydrogens is 408 g/mol. The summed E-state index contributed by atoms with van der Waals surface area (Å²) < 4.78 is 27.6. The molecule has 8 nitrogen and oxygen atoms in total. The Kier molecular flexibility index (Phi) is 5.50. The van der Waals surface area contributed by atoms with Crippen molar-refractivity contribution in [1.82, 2.24) is 9.29 Å². The number of rotatable bonds is 4. The minimum Gasteiger partial charge on any atom is -0.481 e. The molecule has 0 bridgehead atoms. The van der Waals surface area contributed by atoms with Crippen LogP contribution < -0.4 is 0 Å². The van der Waals surface area contributed by atoms with E-state index in [1.807, 2.05) is 0 Å². The van der Waals surface area contributed by atoms with Gasteiger partial charge in [0.25, 0.3) is 0 Å². The van der Waals surface area contributed by atoms with Crippen molar-refractivity contribution in [2.24, 2.45) is 5.92 Å². The predicted molar refractivity (Wildman–Crippen MR) is 109 cm³/mol. The monoisotopic (exact) mass is 432 g/mol. The Labute approximate surface area is 174 Å². The van der Waals surface area contributed by atoms with Crippen molar-refractivity contribution >= 4 is 32.9 Å². The maximum Gasteiger partial charge on any atom is 0.336 e. The number of aliphatic carboxylic acids is 1. The molecule has 4 rings (SSSR count). The summed E-state index contributed by atoms with van der Waals surface area (Å²) in [6.45, 7) is 0.261. The molecular formula is C21H24N2O6S. The number of benzene rings is 1. The van der Waals surface area contributed by atoms with Gasteiger partial charge in [-0.2, -0.15) is 4.31 Å². The summed E-state index contributed by atoms with van der Waals surface area (Å²) in [5.74, 6) is -2.51. The molecule has 0 saturated carbocycles. The summed E-state index contributed by atoms with van der Waals surface area (Å²) in [7, 11) is -3.85. The maximum atomic E-state index is 13.1. The standard InChI is InChI=1S/C21H24N2O6S/c24-20(25)13-8-10-23(11-9-13)30(28,29)14-6-7-18-16(12-14)19(21(26)27)15-4-2-1-3-5-17(15)22-18/h6-7,12-13H,1-5,8-11H2,(H,24,25)(H,26,27). The van der Waals surface area contributed by atoms with Gasteiger partial charge in [-0.25, -0.2) is 13.2 Å². The largest absolute Gasteiger partial charge is 0.481 e. The molecule has 30 heavy (non-hydrogen) atoms. The number of pyridine rings is 1. The molecule has 1 aromatic heterocycles. The SMILES string of the molecule is O=C(O)c1c2c(nc3ccc(S(=O)(=O)N4CCC(C(=O)O)CC4)cc13)CCCCC2. The average molecular weight is 432 g/mol. The van der Waals surface area contributed by atoms with Gasteiger partial charge in [0.2, 0.25) is 10.0 Å². The molecule has 2 heterocycles. The summed E-state index contributed by atoms with van der Waals surface area (Å²) >= 11 is 0. The van der Waals surface area contributed by atoms with Crippen molar-refractivity contribution in [1.29, 1.82) is 0 Å². The van der Waals surface area contributed by atoms with Gasteiger partial charge in [0.1, 0.15) is 0 Å². The van der Waals surface area contributed by atoms with E-state index in [0.717, 1.165) is 31.4 Å². The van der Waals surface area contributed by atoms with Crippen molar-refractivity contribution in [3.8, 4) is 0 Å². The predicted octanol–water partition coefficient (Wildman–Crippen LogP) is 2.69. The molecule has 1 aliphatic heterocycles. The van der Waals surface area contributed by atoms with E-state index in [9.17, 15) is 23.1 Å². The topological polar surface area (TPSA) is 125 Å². The number of aromatic carboxylic acids is 1. The number of carboxylic acid groups (broad SMARTS) is 2. The second kappa shape index (κ2) is 7.96. The summed E-state index contributed by atoms with van der Waals surface area (Å²) in [6, 6.07) is 4.45. The molecule has 2 N–H and O–H groups in total. The van der Waals surface area contributed by atoms with Crippen molar-refractivity contribution in [3.63, 3.8) is 0 Å². The average Bonchev–Trinajstić information content (AvgIpc) is 2.96. The minimum atomic E-state index is -3.85. The summed E-state index contributed by atoms with van der Waals surface area (Å²) in [5.41, 5.74) is 2.14. The Morgan fingerprint density at radius 3 is 2.40 bits per heavy atom. The molecule has 9 heteroatoms. The van der Waals surface area contributed by atoms with E-state index in [0.29, 0.717) is 22.9 Å². The van der Waals surface area contributed by atoms with Gasteiger partial charge < -0.3 is 10.2 Å². The molecule has 0 unspecified atom stereocenters. The lowest BCUT2D eigenvalue weighted by molar-refractivity contribution is -0.142. The Morgan fingerprint density at radius 1 is 1.03 bits per heavy atom. The Hall–Kier alpha value is -2.52. The summed E-state index contributed by atoms with van der Waals surface area (Å²) in [6.07, 6.45) is 4.73. The van der Waals surface area contributed by atoms with Crippen LogP contribution in [0.5, 0.6) is 0 Å². The molecule has 0 amide bonds. The van der Waals surface area contributed by atoms with E-state index in [2.05, 4.69) is 4.98 Å². The lowest BCUT2D eigenvalue weighted by Gasteiger charge is -2.29. The Balaban J connectivity index is 1.77. The molecule has 1 saturated heterocycles. The first kappa shape index (κ1) is 20.7. The number of aromatic nitrogens is 1. The van der Waals surface area contributed by atoms with Crippen LogP contribution in [0.15, 0.2) is 23.1 Å². The number of sulfonamides is 1. The zero-order valence-corrected chi connectivity index (χ0v) is 17.3. The summed E-state index contributed by atoms with van der Waals surface area (Å²) in [4.78, 5) is 27.9. The summed E-state index contributed by atoms with van der Waals surface area (Å²) in [5, 5.41) is 19.4. The van der Waals surface area contributed by atoms with E-state index in [-0.39, 0.29) is 36.4 Å². The highest BCUT2D eigenvalue weighted by Gasteiger charge is 2.32. The van der Waals surface area contributed by atoms with E-state index in [4.69, 9.17) is 5.11 Å². The van der Waals surface area contributed by atoms with Gasteiger partial charge >= 0.3 is 11.9 Å². The molecule has 2 aliphatic rings. The third-order valence-electron chi connectivity index (χ3n) is 6.14. The fourth-order valence-electron chi connectivity index (χ4n) is 4.48. The molecule has 2 aromatic rings. The van der Waals surface area contributed by atoms with Crippen LogP contribution in [0.1, 0.15) is 53.7 Å². The third kappa shape index (κ3) is 3.67. The molecule has 0 atom stereocenters. The number of carboxylic acids is 2. The second-order valence-corrected chi connectivity index (χ2v) is 9.91. The highest BCUT2D eigenvalue weighted by atomic mass is 32.2. The first-order valence-corrected chi connectivity index (χ1v) is 11.6. The van der Waals surface area contributed by atoms with Crippen molar-refractivity contribution < 1.29 is 28.2 Å². The smallest absolute Gasteiger partial charge is 0.336 e. The number of nitrogens with zero attached hydrogens (tertiary/aromatic N) is 2. The van der Waals surface area contributed by atoms with Crippen molar-refractivity contribution in [3.05, 3.63) is 35.0 Å². The number of fused-ring (bicyclic) bond motifs is 2. The van der Waals surface area contributed by atoms with Gasteiger partial charge in [0, 0.05) is 24.2 Å². The lowest BCUT2D eigenvalue weighted by Crippen LogP contribution is -2.40. The molecule has 160 valence electrons. The first-order chi connectivity index (χ1) is 14.3. The fourth-order valence-corrected chi connectivity index (χ4v) is 5.97. The van der Waals surface area contributed by atoms with Crippen LogP contribution in [-0.4, -0.2) is 52.9 Å². The van der Waals surface area contributed by atoms with Crippen LogP contribution in [-0.2, 0) is 27.7 Å². The van der Waals surface area contributed by atoms with Gasteiger partial charge in [0.15, 0.2) is 0 Å². The highest BCUT2D eigenvalue weighted by molar-refractivity contribution is 7.89. The maximum absolute atomic E-state index is 13.1. The van der Waals surface area contributed by atoms with Gasteiger partial charge in [-0.1, -0.05) is 6.42 Å². The van der Waals surface area contributed by atoms with E-state index < -0.39 is 27.9 Å². The zero-order valence-electron chi connectivity index (χ0n) is 16.5. The molecule has 1 aromatic carbocycles. The van der Waals surface area contributed by atoms with Crippen LogP contribution in [0.2, 0.25) is 0 Å². The third-order valence-corrected chi connectivity index (χ3v) is 8.03. The quantitative estimate of drug-likeness (QED) is 0.712. The zero-order chi connectivity index (χ0) is 21.5. The molecule has 1 aliphatic carbocycles. The van der Waals surface area contributed by atoms with Crippen LogP contribution in [0.4, 0.5) is 0 Å². The fraction of sp³-hybridized carbons (Fsp3) is 0.476. The van der Waals surface area contributed by atoms with Crippen molar-refractivity contribution in [2.75, 3.05) is 13.1 Å². The van der Waals surface area contributed by atoms with Crippen molar-refractivity contribution in [2.45, 2.75) is 49.8 Å². The van der Waals surface area contributed by atoms with Gasteiger partial charge in [-0.05, 0) is 62.3 Å². The first-order valence-electron chi connectivity index (χ1n) is 10.2. The van der Waals surface area contributed by atoms with Crippen LogP contribution in [0.25, 0.3) is 10.9 Å². The number of carbonyl (C=O) groups is 2. The van der Waals surface area contributed by atoms with Crippen LogP contribution in [0, 0.1) is 5.92 Å². The number of hydrogen-bond acceptors (Lipinski definition) is 5. The van der Waals surface area contributed by atoms with Crippen LogP contribution >= 0.6 is 0 Å². The molecule has 0 radical (unpaired) electrons. The normalized spacial score (nSPS) is 18.7. The number of hydrogen-bond donors (Lipinski definition) is 2.